The maximum atomic E-state index is 12.7. The van der Waals surface area contributed by atoms with Gasteiger partial charge in [0.15, 0.2) is 0 Å². The van der Waals surface area contributed by atoms with Gasteiger partial charge in [-0.05, 0) is 39.3 Å². The lowest BCUT2D eigenvalue weighted by Gasteiger charge is -2.23. The van der Waals surface area contributed by atoms with Crippen molar-refractivity contribution in [3.05, 3.63) is 29.8 Å². The summed E-state index contributed by atoms with van der Waals surface area (Å²) in [5.41, 5.74) is 1.04. The van der Waals surface area contributed by atoms with Crippen LogP contribution < -0.4 is 0 Å². The summed E-state index contributed by atoms with van der Waals surface area (Å²) >= 11 is 0. The minimum atomic E-state index is -3.66. The Labute approximate surface area is 173 Å². The molecule has 4 nitrogen and oxygen atoms in total. The maximum absolute atomic E-state index is 12.7. The van der Waals surface area contributed by atoms with Gasteiger partial charge in [0.05, 0.1) is 4.90 Å². The highest BCUT2D eigenvalue weighted by molar-refractivity contribution is 7.90. The van der Waals surface area contributed by atoms with Gasteiger partial charge in [-0.3, -0.25) is 0 Å². The largest absolute Gasteiger partial charge is 0.360 e. The van der Waals surface area contributed by atoms with E-state index in [1.54, 1.807) is 12.1 Å². The molecule has 0 aliphatic carbocycles. The monoisotopic (exact) mass is 408 g/mol. The Bertz CT molecular complexity index is 662. The van der Waals surface area contributed by atoms with E-state index in [-0.39, 0.29) is 4.90 Å². The molecular formula is C23H40N2O2S. The van der Waals surface area contributed by atoms with Gasteiger partial charge in [-0.15, -0.1) is 4.40 Å². The van der Waals surface area contributed by atoms with Crippen LogP contribution in [0.2, 0.25) is 0 Å². The summed E-state index contributed by atoms with van der Waals surface area (Å²) in [6.07, 6.45) is 12.0. The van der Waals surface area contributed by atoms with Crippen molar-refractivity contribution in [2.75, 3.05) is 13.1 Å². The molecule has 1 rings (SSSR count). The van der Waals surface area contributed by atoms with E-state index in [1.807, 2.05) is 32.9 Å². The molecule has 0 atom stereocenters. The lowest BCUT2D eigenvalue weighted by Crippen LogP contribution is -2.31. The molecular weight excluding hydrogens is 368 g/mol. The van der Waals surface area contributed by atoms with Crippen LogP contribution in [-0.4, -0.2) is 32.2 Å². The van der Waals surface area contributed by atoms with E-state index in [0.717, 1.165) is 37.9 Å². The average Bonchev–Trinajstić information content (AvgIpc) is 2.67. The Morgan fingerprint density at radius 3 is 1.82 bits per heavy atom. The molecule has 0 aliphatic rings. The van der Waals surface area contributed by atoms with Gasteiger partial charge in [0.25, 0.3) is 10.0 Å². The van der Waals surface area contributed by atoms with Gasteiger partial charge in [0.1, 0.15) is 5.84 Å². The minimum absolute atomic E-state index is 0.273. The molecule has 0 amide bonds. The van der Waals surface area contributed by atoms with E-state index in [1.165, 1.54) is 44.9 Å². The highest BCUT2D eigenvalue weighted by atomic mass is 32.2. The Hall–Kier alpha value is -1.36. The fourth-order valence-electron chi connectivity index (χ4n) is 3.35. The standard InChI is InChI=1S/C23H40N2O2S/c1-5-8-9-10-11-12-13-14-15-16-23(25(6-2)7-3)24-28(26,27)22-19-17-21(4)18-20-22/h17-20H,5-16H2,1-4H3. The molecule has 1 aromatic rings. The minimum Gasteiger partial charge on any atom is -0.360 e. The van der Waals surface area contributed by atoms with Crippen LogP contribution in [0, 0.1) is 6.92 Å². The Kier molecular flexibility index (Phi) is 12.1. The fraction of sp³-hybridized carbons (Fsp3) is 0.696. The summed E-state index contributed by atoms with van der Waals surface area (Å²) in [6.45, 7) is 9.84. The average molecular weight is 409 g/mol. The van der Waals surface area contributed by atoms with Crippen LogP contribution in [0.1, 0.15) is 90.5 Å². The fourth-order valence-corrected chi connectivity index (χ4v) is 4.42. The van der Waals surface area contributed by atoms with Gasteiger partial charge in [-0.2, -0.15) is 8.42 Å². The van der Waals surface area contributed by atoms with Gasteiger partial charge in [-0.1, -0.05) is 76.0 Å². The Morgan fingerprint density at radius 2 is 1.32 bits per heavy atom. The predicted octanol–water partition coefficient (Wildman–Crippen LogP) is 6.34. The van der Waals surface area contributed by atoms with Crippen molar-refractivity contribution in [1.29, 1.82) is 0 Å². The molecule has 5 heteroatoms. The molecule has 0 saturated carbocycles. The number of aryl methyl sites for hydroxylation is 1. The smallest absolute Gasteiger partial charge is 0.283 e. The van der Waals surface area contributed by atoms with Crippen LogP contribution in [0.5, 0.6) is 0 Å². The van der Waals surface area contributed by atoms with Crippen molar-refractivity contribution >= 4 is 15.9 Å². The van der Waals surface area contributed by atoms with Gasteiger partial charge in [-0.25, -0.2) is 0 Å². The summed E-state index contributed by atoms with van der Waals surface area (Å²) < 4.78 is 29.7. The third-order valence-corrected chi connectivity index (χ3v) is 6.50. The first-order valence-electron chi connectivity index (χ1n) is 11.1. The first-order valence-corrected chi connectivity index (χ1v) is 12.5. The number of unbranched alkanes of at least 4 members (excludes halogenated alkanes) is 8. The molecule has 0 heterocycles. The highest BCUT2D eigenvalue weighted by Crippen LogP contribution is 2.17. The lowest BCUT2D eigenvalue weighted by molar-refractivity contribution is 0.451. The van der Waals surface area contributed by atoms with Crippen LogP contribution in [-0.2, 0) is 10.0 Å². The summed E-state index contributed by atoms with van der Waals surface area (Å²) in [4.78, 5) is 2.34. The molecule has 0 bridgehead atoms. The second-order valence-electron chi connectivity index (χ2n) is 7.55. The van der Waals surface area contributed by atoms with E-state index in [4.69, 9.17) is 0 Å². The summed E-state index contributed by atoms with van der Waals surface area (Å²) in [5, 5.41) is 0. The number of sulfonamides is 1. The molecule has 0 spiro atoms. The molecule has 28 heavy (non-hydrogen) atoms. The number of nitrogens with zero attached hydrogens (tertiary/aromatic N) is 2. The zero-order valence-corrected chi connectivity index (χ0v) is 19.2. The van der Waals surface area contributed by atoms with Crippen LogP contribution in [0.3, 0.4) is 0 Å². The Balaban J connectivity index is 2.63. The predicted molar refractivity (Wildman–Crippen MR) is 121 cm³/mol. The number of benzene rings is 1. The van der Waals surface area contributed by atoms with Crippen molar-refractivity contribution in [2.24, 2.45) is 4.40 Å². The van der Waals surface area contributed by atoms with Crippen molar-refractivity contribution in [3.8, 4) is 0 Å². The van der Waals surface area contributed by atoms with E-state index < -0.39 is 10.0 Å². The first kappa shape index (κ1) is 24.7. The third kappa shape index (κ3) is 9.22. The third-order valence-electron chi connectivity index (χ3n) is 5.18. The number of hydrogen-bond acceptors (Lipinski definition) is 2. The van der Waals surface area contributed by atoms with Crippen molar-refractivity contribution < 1.29 is 8.42 Å². The number of rotatable bonds is 14. The molecule has 0 saturated heterocycles. The van der Waals surface area contributed by atoms with Crippen LogP contribution in [0.15, 0.2) is 33.6 Å². The van der Waals surface area contributed by atoms with Gasteiger partial charge >= 0.3 is 0 Å². The molecule has 0 radical (unpaired) electrons. The van der Waals surface area contributed by atoms with Gasteiger partial charge in [0, 0.05) is 19.5 Å². The zero-order chi connectivity index (χ0) is 20.8. The SMILES string of the molecule is CCCCCCCCCCCC(=NS(=O)(=O)c1ccc(C)cc1)N(CC)CC. The van der Waals surface area contributed by atoms with E-state index in [9.17, 15) is 8.42 Å². The topological polar surface area (TPSA) is 49.7 Å². The van der Waals surface area contributed by atoms with Crippen LogP contribution in [0.25, 0.3) is 0 Å². The van der Waals surface area contributed by atoms with Crippen LogP contribution in [0.4, 0.5) is 0 Å². The normalized spacial score (nSPS) is 12.4. The van der Waals surface area contributed by atoms with Gasteiger partial charge in [0.2, 0.25) is 0 Å². The van der Waals surface area contributed by atoms with E-state index in [2.05, 4.69) is 16.2 Å². The molecule has 0 aliphatic heterocycles. The maximum Gasteiger partial charge on any atom is 0.283 e. The summed E-state index contributed by atoms with van der Waals surface area (Å²) in [5.74, 6) is 0.702. The Morgan fingerprint density at radius 1 is 0.821 bits per heavy atom. The second kappa shape index (κ2) is 13.8. The van der Waals surface area contributed by atoms with Crippen molar-refractivity contribution in [3.63, 3.8) is 0 Å². The summed E-state index contributed by atoms with van der Waals surface area (Å²) in [7, 11) is -3.66. The number of amidine groups is 1. The van der Waals surface area contributed by atoms with Crippen molar-refractivity contribution in [2.45, 2.75) is 96.8 Å². The van der Waals surface area contributed by atoms with Crippen molar-refractivity contribution in [1.82, 2.24) is 4.90 Å². The molecule has 0 fully saturated rings. The summed E-state index contributed by atoms with van der Waals surface area (Å²) in [6, 6.07) is 6.93. The molecule has 0 N–H and O–H groups in total. The molecule has 1 aromatic carbocycles. The van der Waals surface area contributed by atoms with E-state index in [0.29, 0.717) is 5.84 Å². The van der Waals surface area contributed by atoms with Gasteiger partial charge < -0.3 is 4.90 Å². The number of hydrogen-bond donors (Lipinski definition) is 0. The molecule has 160 valence electrons. The molecule has 0 aromatic heterocycles. The van der Waals surface area contributed by atoms with E-state index >= 15 is 0 Å². The zero-order valence-electron chi connectivity index (χ0n) is 18.4. The first-order chi connectivity index (χ1) is 13.4. The highest BCUT2D eigenvalue weighted by Gasteiger charge is 2.17. The quantitative estimate of drug-likeness (QED) is 0.205. The molecule has 0 unspecified atom stereocenters. The lowest BCUT2D eigenvalue weighted by atomic mass is 10.1. The van der Waals surface area contributed by atoms with Crippen LogP contribution >= 0.6 is 0 Å². The second-order valence-corrected chi connectivity index (χ2v) is 9.15.